The van der Waals surface area contributed by atoms with Gasteiger partial charge in [0.1, 0.15) is 13.2 Å². The van der Waals surface area contributed by atoms with Crippen molar-refractivity contribution < 1.29 is 32.9 Å². The van der Waals surface area contributed by atoms with E-state index in [0.29, 0.717) is 17.4 Å². The molecule has 0 bridgehead atoms. The number of carbonyl (C=O) groups is 1. The Kier molecular flexibility index (Phi) is 46.7. The second-order valence-electron chi connectivity index (χ2n) is 18.8. The summed E-state index contributed by atoms with van der Waals surface area (Å²) in [6.45, 7) is 4.63. The van der Waals surface area contributed by atoms with Crippen molar-refractivity contribution in [2.24, 2.45) is 0 Å². The molecule has 68 heavy (non-hydrogen) atoms. The number of carbonyl (C=O) groups excluding carboxylic acids is 1. The predicted molar refractivity (Wildman–Crippen MR) is 295 cm³/mol. The molecule has 8 nitrogen and oxygen atoms in total. The standard InChI is InChI=1S/C59H101N2O6P/c1-6-8-10-12-14-16-18-20-22-24-26-27-28-29-30-31-32-33-35-37-39-41-43-45-47-49-51-53-59(63)60-57(56-67-68(64,65)66-55-54-61(3,4)5)58(62)52-50-48-46-44-42-40-38-36-34-25-23-21-19-17-15-13-11-9-7-2/h8,10,14,16,20,22,26-27,29-30,32-34,36-37,39,42,44,50,52,57-58,62H,6-7,9,11-13,15,17-19,21,23-25,28,31,35,38,40-41,43,45-49,51,53-56H2,1-5H3,(H-,60,63,64,65)/p+1/b10-8-,16-14-,22-20-,27-26-,30-29-,33-32-,36-34+,39-37-,44-42+,52-50+. The van der Waals surface area contributed by atoms with Crippen LogP contribution in [0.5, 0.6) is 0 Å². The van der Waals surface area contributed by atoms with Gasteiger partial charge in [-0.2, -0.15) is 0 Å². The summed E-state index contributed by atoms with van der Waals surface area (Å²) < 4.78 is 23.6. The maximum atomic E-state index is 13.0. The molecule has 3 atom stereocenters. The molecule has 0 aliphatic carbocycles. The number of phosphoric ester groups is 1. The minimum Gasteiger partial charge on any atom is -0.387 e. The van der Waals surface area contributed by atoms with Crippen LogP contribution in [0.2, 0.25) is 0 Å². The Morgan fingerprint density at radius 3 is 1.35 bits per heavy atom. The third kappa shape index (κ3) is 50.8. The Morgan fingerprint density at radius 2 is 0.897 bits per heavy atom. The third-order valence-electron chi connectivity index (χ3n) is 11.1. The Bertz CT molecular complexity index is 1510. The first-order chi connectivity index (χ1) is 33.0. The van der Waals surface area contributed by atoms with E-state index in [9.17, 15) is 19.4 Å². The summed E-state index contributed by atoms with van der Waals surface area (Å²) in [6.07, 6.45) is 72.9. The third-order valence-corrected chi connectivity index (χ3v) is 12.1. The molecule has 0 aromatic carbocycles. The summed E-state index contributed by atoms with van der Waals surface area (Å²) in [6, 6.07) is -0.890. The van der Waals surface area contributed by atoms with Crippen molar-refractivity contribution in [3.63, 3.8) is 0 Å². The fraction of sp³-hybridized carbons (Fsp3) is 0.644. The van der Waals surface area contributed by atoms with Crippen LogP contribution in [-0.2, 0) is 18.4 Å². The van der Waals surface area contributed by atoms with Crippen molar-refractivity contribution in [2.45, 2.75) is 206 Å². The van der Waals surface area contributed by atoms with Crippen LogP contribution in [0.15, 0.2) is 122 Å². The molecular weight excluding hydrogens is 864 g/mol. The fourth-order valence-electron chi connectivity index (χ4n) is 6.93. The normalized spacial score (nSPS) is 15.0. The zero-order chi connectivity index (χ0) is 49.9. The number of aliphatic hydroxyl groups is 1. The van der Waals surface area contributed by atoms with Crippen LogP contribution in [0, 0.1) is 0 Å². The molecule has 0 saturated carbocycles. The van der Waals surface area contributed by atoms with Crippen LogP contribution in [0.3, 0.4) is 0 Å². The lowest BCUT2D eigenvalue weighted by molar-refractivity contribution is -0.870. The highest BCUT2D eigenvalue weighted by atomic mass is 31.2. The van der Waals surface area contributed by atoms with Gasteiger partial charge < -0.3 is 19.8 Å². The van der Waals surface area contributed by atoms with Gasteiger partial charge in [0.25, 0.3) is 0 Å². The first kappa shape index (κ1) is 64.9. The molecule has 3 unspecified atom stereocenters. The number of hydrogen-bond donors (Lipinski definition) is 3. The van der Waals surface area contributed by atoms with E-state index < -0.39 is 20.0 Å². The van der Waals surface area contributed by atoms with Gasteiger partial charge in [0.15, 0.2) is 0 Å². The first-order valence-corrected chi connectivity index (χ1v) is 28.4. The van der Waals surface area contributed by atoms with Crippen LogP contribution < -0.4 is 5.32 Å². The van der Waals surface area contributed by atoms with E-state index in [0.717, 1.165) is 109 Å². The zero-order valence-electron chi connectivity index (χ0n) is 44.0. The van der Waals surface area contributed by atoms with Crippen molar-refractivity contribution in [1.29, 1.82) is 0 Å². The second kappa shape index (κ2) is 48.9. The first-order valence-electron chi connectivity index (χ1n) is 26.9. The fourth-order valence-corrected chi connectivity index (χ4v) is 7.67. The highest BCUT2D eigenvalue weighted by molar-refractivity contribution is 7.47. The lowest BCUT2D eigenvalue weighted by Gasteiger charge is -2.25. The second-order valence-corrected chi connectivity index (χ2v) is 20.3. The number of hydrogen-bond acceptors (Lipinski definition) is 5. The summed E-state index contributed by atoms with van der Waals surface area (Å²) >= 11 is 0. The van der Waals surface area contributed by atoms with E-state index in [4.69, 9.17) is 9.05 Å². The topological polar surface area (TPSA) is 105 Å². The van der Waals surface area contributed by atoms with E-state index in [1.165, 1.54) is 64.2 Å². The van der Waals surface area contributed by atoms with Crippen LogP contribution in [-0.4, -0.2) is 73.4 Å². The minimum atomic E-state index is -4.37. The molecule has 0 aliphatic rings. The number of phosphoric acid groups is 1. The van der Waals surface area contributed by atoms with Crippen LogP contribution in [0.25, 0.3) is 0 Å². The van der Waals surface area contributed by atoms with Crippen molar-refractivity contribution in [3.8, 4) is 0 Å². The van der Waals surface area contributed by atoms with Gasteiger partial charge in [0, 0.05) is 6.42 Å². The SMILES string of the molecule is CC/C=C\C/C=C\C/C=C\C/C=C\C/C=C\C/C=C\C/C=C\CCCCCCCC(=O)NC(COP(=O)(O)OCC[N+](C)(C)C)C(O)/C=C/CC/C=C/CC/C=C/CCCCCCCCCCC. The summed E-state index contributed by atoms with van der Waals surface area (Å²) in [4.78, 5) is 23.3. The average molecular weight is 966 g/mol. The number of amides is 1. The molecule has 388 valence electrons. The summed E-state index contributed by atoms with van der Waals surface area (Å²) in [7, 11) is 1.51. The van der Waals surface area contributed by atoms with Gasteiger partial charge in [-0.05, 0) is 103 Å². The Morgan fingerprint density at radius 1 is 0.515 bits per heavy atom. The van der Waals surface area contributed by atoms with Gasteiger partial charge in [-0.3, -0.25) is 13.8 Å². The Hall–Kier alpha value is -3.10. The maximum absolute atomic E-state index is 13.0. The van der Waals surface area contributed by atoms with Crippen molar-refractivity contribution >= 4 is 13.7 Å². The van der Waals surface area contributed by atoms with E-state index in [1.807, 2.05) is 27.2 Å². The Balaban J connectivity index is 4.42. The lowest BCUT2D eigenvalue weighted by Crippen LogP contribution is -2.45. The number of likely N-dealkylation sites (N-methyl/N-ethyl adjacent to an activating group) is 1. The summed E-state index contributed by atoms with van der Waals surface area (Å²) in [5, 5.41) is 13.9. The van der Waals surface area contributed by atoms with Crippen molar-refractivity contribution in [3.05, 3.63) is 122 Å². The van der Waals surface area contributed by atoms with Gasteiger partial charge in [0.2, 0.25) is 5.91 Å². The monoisotopic (exact) mass is 966 g/mol. The largest absolute Gasteiger partial charge is 0.472 e. The number of rotatable bonds is 47. The predicted octanol–water partition coefficient (Wildman–Crippen LogP) is 16.2. The number of nitrogens with zero attached hydrogens (tertiary/aromatic N) is 1. The highest BCUT2D eigenvalue weighted by Gasteiger charge is 2.27. The molecule has 0 aromatic heterocycles. The molecule has 0 heterocycles. The van der Waals surface area contributed by atoms with Crippen LogP contribution in [0.1, 0.15) is 194 Å². The van der Waals surface area contributed by atoms with E-state index >= 15 is 0 Å². The molecular formula is C59H102N2O6P+. The van der Waals surface area contributed by atoms with E-state index in [1.54, 1.807) is 6.08 Å². The van der Waals surface area contributed by atoms with Crippen molar-refractivity contribution in [1.82, 2.24) is 5.32 Å². The number of aliphatic hydroxyl groups excluding tert-OH is 1. The van der Waals surface area contributed by atoms with E-state index in [-0.39, 0.29) is 19.1 Å². The van der Waals surface area contributed by atoms with E-state index in [2.05, 4.69) is 129 Å². The van der Waals surface area contributed by atoms with Crippen LogP contribution in [0.4, 0.5) is 0 Å². The molecule has 9 heteroatoms. The van der Waals surface area contributed by atoms with Gasteiger partial charge in [-0.1, -0.05) is 206 Å². The van der Waals surface area contributed by atoms with Crippen LogP contribution >= 0.6 is 7.82 Å². The molecule has 0 fully saturated rings. The smallest absolute Gasteiger partial charge is 0.387 e. The molecule has 0 spiro atoms. The zero-order valence-corrected chi connectivity index (χ0v) is 44.9. The van der Waals surface area contributed by atoms with Gasteiger partial charge >= 0.3 is 7.82 Å². The number of allylic oxidation sites excluding steroid dienone is 19. The molecule has 3 N–H and O–H groups in total. The molecule has 0 radical (unpaired) electrons. The summed E-state index contributed by atoms with van der Waals surface area (Å²) in [5.41, 5.74) is 0. The number of nitrogens with one attached hydrogen (secondary N) is 1. The molecule has 0 saturated heterocycles. The molecule has 0 aromatic rings. The highest BCUT2D eigenvalue weighted by Crippen LogP contribution is 2.43. The molecule has 1 amide bonds. The van der Waals surface area contributed by atoms with Gasteiger partial charge in [-0.25, -0.2) is 4.57 Å². The van der Waals surface area contributed by atoms with Gasteiger partial charge in [-0.15, -0.1) is 0 Å². The van der Waals surface area contributed by atoms with Crippen molar-refractivity contribution in [2.75, 3.05) is 40.9 Å². The lowest BCUT2D eigenvalue weighted by atomic mass is 10.1. The Labute approximate surface area is 418 Å². The molecule has 0 rings (SSSR count). The molecule has 0 aliphatic heterocycles. The van der Waals surface area contributed by atoms with Gasteiger partial charge in [0.05, 0.1) is 39.9 Å². The summed E-state index contributed by atoms with van der Waals surface area (Å²) in [5.74, 6) is -0.216. The number of quaternary nitrogens is 1. The quantitative estimate of drug-likeness (QED) is 0.0243. The maximum Gasteiger partial charge on any atom is 0.472 e. The average Bonchev–Trinajstić information content (AvgIpc) is 3.30. The number of unbranched alkanes of at least 4 members (excludes halogenated alkanes) is 16. The minimum absolute atomic E-state index is 0.0422.